The zero-order chi connectivity index (χ0) is 15.8. The second kappa shape index (κ2) is 5.45. The number of aromatic nitrogens is 2. The number of carbonyl (C=O) groups excluding carboxylic acids is 1. The second-order valence-corrected chi connectivity index (χ2v) is 6.60. The summed E-state index contributed by atoms with van der Waals surface area (Å²) in [6.07, 6.45) is 0. The van der Waals surface area contributed by atoms with Crippen molar-refractivity contribution >= 4 is 21.9 Å². The maximum Gasteiger partial charge on any atom is 0.340 e. The third-order valence-electron chi connectivity index (χ3n) is 3.40. The second-order valence-electron chi connectivity index (χ2n) is 4.74. The van der Waals surface area contributed by atoms with E-state index in [1.165, 1.54) is 13.8 Å². The van der Waals surface area contributed by atoms with Crippen LogP contribution in [0.3, 0.4) is 0 Å². The molecule has 0 aromatic carbocycles. The lowest BCUT2D eigenvalue weighted by atomic mass is 10.3. The van der Waals surface area contributed by atoms with Crippen LogP contribution in [0, 0.1) is 6.92 Å². The van der Waals surface area contributed by atoms with Crippen molar-refractivity contribution in [2.24, 2.45) is 0 Å². The molecule has 9 nitrogen and oxygen atoms in total. The minimum absolute atomic E-state index is 0.117. The number of aryl methyl sites for hydroxylation is 1. The third-order valence-corrected chi connectivity index (χ3v) is 5.23. The van der Waals surface area contributed by atoms with Gasteiger partial charge in [0.05, 0.1) is 0 Å². The van der Waals surface area contributed by atoms with Crippen LogP contribution in [-0.2, 0) is 14.8 Å². The van der Waals surface area contributed by atoms with E-state index in [0.29, 0.717) is 0 Å². The van der Waals surface area contributed by atoms with Gasteiger partial charge in [-0.3, -0.25) is 9.89 Å². The van der Waals surface area contributed by atoms with Crippen molar-refractivity contribution < 1.29 is 23.1 Å². The fraction of sp³-hybridized carbons (Fsp3) is 0.545. The summed E-state index contributed by atoms with van der Waals surface area (Å²) in [6, 6.07) is 0. The van der Waals surface area contributed by atoms with E-state index in [1.807, 2.05) is 0 Å². The molecule has 116 valence electrons. The Kier molecular flexibility index (Phi) is 4.01. The van der Waals surface area contributed by atoms with E-state index >= 15 is 0 Å². The molecule has 1 aromatic rings. The molecule has 0 unspecified atom stereocenters. The molecule has 0 radical (unpaired) electrons. The molecule has 0 aliphatic carbocycles. The molecule has 2 heterocycles. The maximum absolute atomic E-state index is 12.5. The summed E-state index contributed by atoms with van der Waals surface area (Å²) in [7, 11) is -3.99. The Morgan fingerprint density at radius 1 is 1.24 bits per heavy atom. The molecule has 2 N–H and O–H groups in total. The fourth-order valence-electron chi connectivity index (χ4n) is 2.21. The van der Waals surface area contributed by atoms with Crippen molar-refractivity contribution in [3.8, 4) is 0 Å². The predicted molar refractivity (Wildman–Crippen MR) is 71.3 cm³/mol. The molecule has 1 aliphatic heterocycles. The smallest absolute Gasteiger partial charge is 0.340 e. The van der Waals surface area contributed by atoms with Crippen molar-refractivity contribution in [1.82, 2.24) is 19.4 Å². The van der Waals surface area contributed by atoms with Crippen molar-refractivity contribution in [2.45, 2.75) is 18.9 Å². The number of carbonyl (C=O) groups is 2. The average molecular weight is 316 g/mol. The molecular formula is C11H16N4O5S. The van der Waals surface area contributed by atoms with Crippen LogP contribution in [0.4, 0.5) is 0 Å². The maximum atomic E-state index is 12.5. The van der Waals surface area contributed by atoms with Gasteiger partial charge in [-0.05, 0) is 6.92 Å². The number of nitrogens with zero attached hydrogens (tertiary/aromatic N) is 3. The van der Waals surface area contributed by atoms with E-state index in [1.54, 1.807) is 4.90 Å². The van der Waals surface area contributed by atoms with E-state index in [2.05, 4.69) is 10.2 Å². The van der Waals surface area contributed by atoms with Gasteiger partial charge in [-0.25, -0.2) is 13.2 Å². The lowest BCUT2D eigenvalue weighted by Gasteiger charge is -2.32. The van der Waals surface area contributed by atoms with Crippen LogP contribution in [0.5, 0.6) is 0 Å². The Labute approximate surface area is 121 Å². The van der Waals surface area contributed by atoms with E-state index in [0.717, 1.165) is 4.31 Å². The molecule has 1 fully saturated rings. The molecular weight excluding hydrogens is 300 g/mol. The number of hydrogen-bond acceptors (Lipinski definition) is 5. The summed E-state index contributed by atoms with van der Waals surface area (Å²) in [6.45, 7) is 3.66. The summed E-state index contributed by atoms with van der Waals surface area (Å²) in [4.78, 5) is 24.0. The highest BCUT2D eigenvalue weighted by atomic mass is 32.2. The Bertz CT molecular complexity index is 673. The van der Waals surface area contributed by atoms with Gasteiger partial charge >= 0.3 is 5.97 Å². The Morgan fingerprint density at radius 2 is 1.81 bits per heavy atom. The molecule has 0 saturated carbocycles. The number of aromatic carboxylic acids is 1. The van der Waals surface area contributed by atoms with Crippen LogP contribution in [-0.4, -0.2) is 71.0 Å². The van der Waals surface area contributed by atoms with Crippen LogP contribution in [0.15, 0.2) is 5.03 Å². The van der Waals surface area contributed by atoms with Gasteiger partial charge in [-0.1, -0.05) is 0 Å². The third kappa shape index (κ3) is 2.76. The molecule has 1 aliphatic rings. The molecule has 2 rings (SSSR count). The first kappa shape index (κ1) is 15.4. The van der Waals surface area contributed by atoms with Gasteiger partial charge in [0.25, 0.3) is 10.0 Å². The number of amides is 1. The highest BCUT2D eigenvalue weighted by Gasteiger charge is 2.35. The van der Waals surface area contributed by atoms with Gasteiger partial charge in [0.15, 0.2) is 0 Å². The minimum Gasteiger partial charge on any atom is -0.478 e. The van der Waals surface area contributed by atoms with E-state index in [9.17, 15) is 18.0 Å². The molecule has 10 heteroatoms. The fourth-order valence-corrected chi connectivity index (χ4v) is 3.76. The molecule has 0 spiro atoms. The Balaban J connectivity index is 2.28. The number of hydrogen-bond donors (Lipinski definition) is 2. The normalized spacial score (nSPS) is 17.0. The van der Waals surface area contributed by atoms with E-state index in [4.69, 9.17) is 5.11 Å². The lowest BCUT2D eigenvalue weighted by Crippen LogP contribution is -2.50. The summed E-state index contributed by atoms with van der Waals surface area (Å²) in [5.41, 5.74) is -0.160. The van der Waals surface area contributed by atoms with Gasteiger partial charge in [0.1, 0.15) is 5.56 Å². The number of sulfonamides is 1. The van der Waals surface area contributed by atoms with Crippen LogP contribution in [0.2, 0.25) is 0 Å². The summed E-state index contributed by atoms with van der Waals surface area (Å²) < 4.78 is 26.1. The number of H-pyrrole nitrogens is 1. The summed E-state index contributed by atoms with van der Waals surface area (Å²) in [5, 5.41) is 14.6. The zero-order valence-corrected chi connectivity index (χ0v) is 12.5. The average Bonchev–Trinajstić information content (AvgIpc) is 2.81. The largest absolute Gasteiger partial charge is 0.478 e. The first-order chi connectivity index (χ1) is 9.75. The SMILES string of the molecule is CC(=O)N1CCN(S(=O)(=O)c2n[nH]c(C)c2C(=O)O)CC1. The molecule has 1 amide bonds. The first-order valence-corrected chi connectivity index (χ1v) is 7.73. The van der Waals surface area contributed by atoms with Crippen molar-refractivity contribution in [3.63, 3.8) is 0 Å². The highest BCUT2D eigenvalue weighted by molar-refractivity contribution is 7.89. The highest BCUT2D eigenvalue weighted by Crippen LogP contribution is 2.21. The zero-order valence-electron chi connectivity index (χ0n) is 11.7. The number of rotatable bonds is 3. The lowest BCUT2D eigenvalue weighted by molar-refractivity contribution is -0.129. The van der Waals surface area contributed by atoms with E-state index in [-0.39, 0.29) is 43.3 Å². The standard InChI is InChI=1S/C11H16N4O5S/c1-7-9(11(17)18)10(13-12-7)21(19,20)15-5-3-14(4-6-15)8(2)16/h3-6H2,1-2H3,(H,12,13)(H,17,18). The van der Waals surface area contributed by atoms with Gasteiger partial charge in [-0.2, -0.15) is 9.40 Å². The topological polar surface area (TPSA) is 124 Å². The molecule has 0 bridgehead atoms. The van der Waals surface area contributed by atoms with Crippen molar-refractivity contribution in [2.75, 3.05) is 26.2 Å². The summed E-state index contributed by atoms with van der Waals surface area (Å²) >= 11 is 0. The van der Waals surface area contributed by atoms with Gasteiger partial charge < -0.3 is 10.0 Å². The van der Waals surface area contributed by atoms with Crippen molar-refractivity contribution in [3.05, 3.63) is 11.3 Å². The first-order valence-electron chi connectivity index (χ1n) is 6.29. The van der Waals surface area contributed by atoms with Crippen LogP contribution in [0.1, 0.15) is 23.0 Å². The number of carboxylic acids is 1. The number of nitrogens with one attached hydrogen (secondary N) is 1. The van der Waals surface area contributed by atoms with Crippen molar-refractivity contribution in [1.29, 1.82) is 0 Å². The Morgan fingerprint density at radius 3 is 2.29 bits per heavy atom. The minimum atomic E-state index is -3.99. The molecule has 21 heavy (non-hydrogen) atoms. The molecule has 1 aromatic heterocycles. The van der Waals surface area contributed by atoms with Crippen LogP contribution in [0.25, 0.3) is 0 Å². The predicted octanol–water partition coefficient (Wildman–Crippen LogP) is -0.731. The van der Waals surface area contributed by atoms with Gasteiger partial charge in [-0.15, -0.1) is 0 Å². The Hall–Kier alpha value is -1.94. The molecule has 1 saturated heterocycles. The number of carboxylic acid groups (broad SMARTS) is 1. The van der Waals surface area contributed by atoms with Gasteiger partial charge in [0.2, 0.25) is 10.9 Å². The number of aromatic amines is 1. The summed E-state index contributed by atoms with van der Waals surface area (Å²) in [5.74, 6) is -1.46. The van der Waals surface area contributed by atoms with Gasteiger partial charge in [0, 0.05) is 38.8 Å². The molecule has 0 atom stereocenters. The van der Waals surface area contributed by atoms with Crippen LogP contribution >= 0.6 is 0 Å². The number of piperazine rings is 1. The van der Waals surface area contributed by atoms with E-state index < -0.39 is 21.0 Å². The van der Waals surface area contributed by atoms with Crippen LogP contribution < -0.4 is 0 Å². The monoisotopic (exact) mass is 316 g/mol. The quantitative estimate of drug-likeness (QED) is 0.757.